The van der Waals surface area contributed by atoms with Crippen LogP contribution in [0.25, 0.3) is 0 Å². The van der Waals surface area contributed by atoms with Gasteiger partial charge < -0.3 is 10.2 Å². The number of halogens is 1. The molecule has 0 aliphatic carbocycles. The first kappa shape index (κ1) is 24.5. The van der Waals surface area contributed by atoms with Crippen molar-refractivity contribution in [1.82, 2.24) is 10.2 Å². The standard InChI is InChI=1S/C28H31ClN2O2/c1-21(2)28(33)31(20-24-13-15-25(29)16-14-24)26(19-23-11-7-4-8-12-23)27(32)30-18-17-22-9-5-3-6-10-22/h3-16,21,26H,17-20H2,1-2H3,(H,30,32). The van der Waals surface area contributed by atoms with Crippen LogP contribution in [0.2, 0.25) is 5.02 Å². The SMILES string of the molecule is CC(C)C(=O)N(Cc1ccc(Cl)cc1)C(Cc1ccccc1)C(=O)NCCc1ccccc1. The van der Waals surface area contributed by atoms with Crippen LogP contribution in [-0.4, -0.2) is 29.3 Å². The fourth-order valence-electron chi connectivity index (χ4n) is 3.73. The van der Waals surface area contributed by atoms with Crippen LogP contribution in [0.3, 0.4) is 0 Å². The maximum Gasteiger partial charge on any atom is 0.243 e. The van der Waals surface area contributed by atoms with Crippen molar-refractivity contribution in [1.29, 1.82) is 0 Å². The summed E-state index contributed by atoms with van der Waals surface area (Å²) in [7, 11) is 0. The molecule has 0 radical (unpaired) electrons. The average molecular weight is 463 g/mol. The molecule has 0 saturated carbocycles. The normalized spacial score (nSPS) is 11.8. The van der Waals surface area contributed by atoms with E-state index in [0.29, 0.717) is 24.5 Å². The number of nitrogens with one attached hydrogen (secondary N) is 1. The summed E-state index contributed by atoms with van der Waals surface area (Å²) in [4.78, 5) is 28.4. The third kappa shape index (κ3) is 7.47. The van der Waals surface area contributed by atoms with E-state index in [9.17, 15) is 9.59 Å². The molecule has 0 heterocycles. The summed E-state index contributed by atoms with van der Waals surface area (Å²) in [5, 5.41) is 3.71. The van der Waals surface area contributed by atoms with Crippen LogP contribution in [-0.2, 0) is 29.0 Å². The zero-order valence-electron chi connectivity index (χ0n) is 19.2. The molecule has 33 heavy (non-hydrogen) atoms. The van der Waals surface area contributed by atoms with Crippen molar-refractivity contribution >= 4 is 23.4 Å². The minimum Gasteiger partial charge on any atom is -0.354 e. The summed E-state index contributed by atoms with van der Waals surface area (Å²) in [6.45, 7) is 4.59. The van der Waals surface area contributed by atoms with Crippen molar-refractivity contribution < 1.29 is 9.59 Å². The summed E-state index contributed by atoms with van der Waals surface area (Å²) in [5.74, 6) is -0.422. The number of carbonyl (C=O) groups is 2. The molecule has 172 valence electrons. The van der Waals surface area contributed by atoms with Gasteiger partial charge in [-0.1, -0.05) is 98.2 Å². The second-order valence-electron chi connectivity index (χ2n) is 8.48. The van der Waals surface area contributed by atoms with Crippen LogP contribution in [0.1, 0.15) is 30.5 Å². The molecule has 2 amide bonds. The monoisotopic (exact) mass is 462 g/mol. The highest BCUT2D eigenvalue weighted by Crippen LogP contribution is 2.18. The zero-order chi connectivity index (χ0) is 23.6. The Kier molecular flexibility index (Phi) is 9.08. The van der Waals surface area contributed by atoms with Gasteiger partial charge in [-0.15, -0.1) is 0 Å². The molecule has 0 spiro atoms. The summed E-state index contributed by atoms with van der Waals surface area (Å²) >= 11 is 6.04. The van der Waals surface area contributed by atoms with E-state index in [1.54, 1.807) is 17.0 Å². The predicted octanol–water partition coefficient (Wildman–Crippen LogP) is 5.29. The minimum absolute atomic E-state index is 0.0518. The highest BCUT2D eigenvalue weighted by Gasteiger charge is 2.31. The summed E-state index contributed by atoms with van der Waals surface area (Å²) in [6, 6.07) is 26.7. The van der Waals surface area contributed by atoms with Crippen molar-refractivity contribution in [3.63, 3.8) is 0 Å². The van der Waals surface area contributed by atoms with Crippen LogP contribution in [0.5, 0.6) is 0 Å². The first-order valence-corrected chi connectivity index (χ1v) is 11.7. The Morgan fingerprint density at radius 2 is 1.39 bits per heavy atom. The number of rotatable bonds is 10. The molecule has 1 N–H and O–H groups in total. The Bertz CT molecular complexity index is 1020. The van der Waals surface area contributed by atoms with Crippen LogP contribution in [0.15, 0.2) is 84.9 Å². The topological polar surface area (TPSA) is 49.4 Å². The van der Waals surface area contributed by atoms with Crippen molar-refractivity contribution in [3.8, 4) is 0 Å². The van der Waals surface area contributed by atoms with Crippen molar-refractivity contribution in [3.05, 3.63) is 107 Å². The van der Waals surface area contributed by atoms with Gasteiger partial charge >= 0.3 is 0 Å². The molecule has 1 unspecified atom stereocenters. The molecule has 1 atom stereocenters. The number of hydrogen-bond acceptors (Lipinski definition) is 2. The molecule has 0 saturated heterocycles. The average Bonchev–Trinajstić information content (AvgIpc) is 2.83. The Morgan fingerprint density at radius 1 is 0.818 bits per heavy atom. The molecule has 3 aromatic carbocycles. The lowest BCUT2D eigenvalue weighted by Gasteiger charge is -2.33. The molecule has 3 aromatic rings. The highest BCUT2D eigenvalue weighted by molar-refractivity contribution is 6.30. The van der Waals surface area contributed by atoms with Crippen LogP contribution in [0.4, 0.5) is 0 Å². The lowest BCUT2D eigenvalue weighted by Crippen LogP contribution is -2.51. The number of nitrogens with zero attached hydrogens (tertiary/aromatic N) is 1. The number of benzene rings is 3. The molecule has 0 aromatic heterocycles. The number of hydrogen-bond donors (Lipinski definition) is 1. The molecule has 0 bridgehead atoms. The van der Waals surface area contributed by atoms with Crippen LogP contribution >= 0.6 is 11.6 Å². The van der Waals surface area contributed by atoms with Crippen LogP contribution in [0, 0.1) is 5.92 Å². The summed E-state index contributed by atoms with van der Waals surface area (Å²) in [6.07, 6.45) is 1.18. The second kappa shape index (κ2) is 12.2. The van der Waals surface area contributed by atoms with E-state index in [0.717, 1.165) is 23.1 Å². The van der Waals surface area contributed by atoms with Gasteiger partial charge in [0.15, 0.2) is 0 Å². The fourth-order valence-corrected chi connectivity index (χ4v) is 3.86. The lowest BCUT2D eigenvalue weighted by atomic mass is 10.0. The zero-order valence-corrected chi connectivity index (χ0v) is 20.0. The van der Waals surface area contributed by atoms with Gasteiger partial charge in [-0.3, -0.25) is 9.59 Å². The Hall–Kier alpha value is -3.11. The molecular formula is C28H31ClN2O2. The van der Waals surface area contributed by atoms with E-state index in [1.165, 1.54) is 0 Å². The molecule has 4 nitrogen and oxygen atoms in total. The van der Waals surface area contributed by atoms with E-state index < -0.39 is 6.04 Å². The lowest BCUT2D eigenvalue weighted by molar-refractivity contribution is -0.143. The first-order chi connectivity index (χ1) is 15.9. The predicted molar refractivity (Wildman–Crippen MR) is 134 cm³/mol. The minimum atomic E-state index is -0.617. The number of carbonyl (C=O) groups excluding carboxylic acids is 2. The Morgan fingerprint density at radius 3 is 1.97 bits per heavy atom. The van der Waals surface area contributed by atoms with Gasteiger partial charge in [0.2, 0.25) is 11.8 Å². The van der Waals surface area contributed by atoms with Crippen molar-refractivity contribution in [2.45, 2.75) is 39.3 Å². The number of amides is 2. The maximum atomic E-state index is 13.4. The van der Waals surface area contributed by atoms with Crippen molar-refractivity contribution in [2.24, 2.45) is 5.92 Å². The van der Waals surface area contributed by atoms with Gasteiger partial charge in [-0.2, -0.15) is 0 Å². The van der Waals surface area contributed by atoms with E-state index in [1.807, 2.05) is 86.6 Å². The van der Waals surface area contributed by atoms with Gasteiger partial charge in [0.1, 0.15) is 6.04 Å². The van der Waals surface area contributed by atoms with E-state index in [-0.39, 0.29) is 17.7 Å². The fraction of sp³-hybridized carbons (Fsp3) is 0.286. The van der Waals surface area contributed by atoms with E-state index in [4.69, 9.17) is 11.6 Å². The highest BCUT2D eigenvalue weighted by atomic mass is 35.5. The van der Waals surface area contributed by atoms with Gasteiger partial charge in [0.05, 0.1) is 0 Å². The molecule has 0 aliphatic rings. The van der Waals surface area contributed by atoms with Gasteiger partial charge in [0, 0.05) is 30.5 Å². The van der Waals surface area contributed by atoms with Gasteiger partial charge in [-0.25, -0.2) is 0 Å². The van der Waals surface area contributed by atoms with E-state index >= 15 is 0 Å². The third-order valence-electron chi connectivity index (χ3n) is 5.55. The Labute approximate surface area is 201 Å². The van der Waals surface area contributed by atoms with Gasteiger partial charge in [-0.05, 0) is 35.2 Å². The smallest absolute Gasteiger partial charge is 0.243 e. The van der Waals surface area contributed by atoms with Gasteiger partial charge in [0.25, 0.3) is 0 Å². The molecule has 0 aliphatic heterocycles. The summed E-state index contributed by atoms with van der Waals surface area (Å²) < 4.78 is 0. The maximum absolute atomic E-state index is 13.4. The molecular weight excluding hydrogens is 432 g/mol. The molecule has 0 fully saturated rings. The summed E-state index contributed by atoms with van der Waals surface area (Å²) in [5.41, 5.74) is 3.11. The first-order valence-electron chi connectivity index (χ1n) is 11.3. The third-order valence-corrected chi connectivity index (χ3v) is 5.80. The second-order valence-corrected chi connectivity index (χ2v) is 8.92. The van der Waals surface area contributed by atoms with E-state index in [2.05, 4.69) is 5.32 Å². The largest absolute Gasteiger partial charge is 0.354 e. The Balaban J connectivity index is 1.83. The quantitative estimate of drug-likeness (QED) is 0.444. The van der Waals surface area contributed by atoms with Crippen LogP contribution < -0.4 is 5.32 Å². The molecule has 3 rings (SSSR count). The molecule has 5 heteroatoms. The van der Waals surface area contributed by atoms with Crippen molar-refractivity contribution in [2.75, 3.05) is 6.54 Å².